The fourth-order valence-corrected chi connectivity index (χ4v) is 4.14. The first-order chi connectivity index (χ1) is 16.7. The van der Waals surface area contributed by atoms with E-state index in [0.717, 1.165) is 25.2 Å². The van der Waals surface area contributed by atoms with Crippen molar-refractivity contribution in [2.45, 2.75) is 37.5 Å². The van der Waals surface area contributed by atoms with E-state index in [2.05, 4.69) is 0 Å². The number of hydrogen-bond acceptors (Lipinski definition) is 4. The maximum atomic E-state index is 13.8. The Balaban J connectivity index is 2.69. The Morgan fingerprint density at radius 3 is 2.22 bits per heavy atom. The van der Waals surface area contributed by atoms with Crippen LogP contribution in [0.3, 0.4) is 0 Å². The maximum Gasteiger partial charge on any atom is 0.397 e. The van der Waals surface area contributed by atoms with Crippen molar-refractivity contribution in [3.63, 3.8) is 0 Å². The minimum atomic E-state index is -4.82. The van der Waals surface area contributed by atoms with Gasteiger partial charge in [0.25, 0.3) is 0 Å². The van der Waals surface area contributed by atoms with Crippen LogP contribution >= 0.6 is 23.2 Å². The highest BCUT2D eigenvalue weighted by molar-refractivity contribution is 6.42. The van der Waals surface area contributed by atoms with Crippen molar-refractivity contribution >= 4 is 35.2 Å². The van der Waals surface area contributed by atoms with Crippen molar-refractivity contribution in [2.75, 3.05) is 20.2 Å². The molecule has 2 rings (SSSR count). The Kier molecular flexibility index (Phi) is 9.93. The van der Waals surface area contributed by atoms with Crippen LogP contribution in [0.5, 0.6) is 0 Å². The van der Waals surface area contributed by atoms with Gasteiger partial charge in [0, 0.05) is 26.7 Å². The van der Waals surface area contributed by atoms with Crippen molar-refractivity contribution in [3.05, 3.63) is 69.2 Å². The van der Waals surface area contributed by atoms with Gasteiger partial charge >= 0.3 is 6.18 Å². The molecule has 0 aliphatic heterocycles. The molecule has 0 bridgehead atoms. The van der Waals surface area contributed by atoms with Gasteiger partial charge in [-0.15, -0.1) is 0 Å². The highest BCUT2D eigenvalue weighted by Crippen LogP contribution is 2.39. The minimum Gasteiger partial charge on any atom is -0.530 e. The third-order valence-corrected chi connectivity index (χ3v) is 6.28. The second-order valence-electron chi connectivity index (χ2n) is 8.13. The molecule has 0 fully saturated rings. The summed E-state index contributed by atoms with van der Waals surface area (Å²) >= 11 is 12.1. The van der Waals surface area contributed by atoms with Gasteiger partial charge in [0.1, 0.15) is 12.5 Å². The van der Waals surface area contributed by atoms with Crippen molar-refractivity contribution in [1.29, 1.82) is 0 Å². The number of carbonyl (C=O) groups is 2. The van der Waals surface area contributed by atoms with Crippen molar-refractivity contribution in [1.82, 2.24) is 9.80 Å². The molecule has 2 aromatic rings. The summed E-state index contributed by atoms with van der Waals surface area (Å²) in [6.45, 7) is -1.64. The van der Waals surface area contributed by atoms with E-state index in [0.29, 0.717) is 9.80 Å². The molecule has 0 saturated heterocycles. The zero-order valence-electron chi connectivity index (χ0n) is 18.9. The second kappa shape index (κ2) is 12.1. The van der Waals surface area contributed by atoms with Crippen molar-refractivity contribution < 1.29 is 41.8 Å². The van der Waals surface area contributed by atoms with Gasteiger partial charge in [0.15, 0.2) is 11.6 Å². The molecule has 0 radical (unpaired) electrons. The molecule has 0 heterocycles. The van der Waals surface area contributed by atoms with Crippen LogP contribution in [0, 0.1) is 11.6 Å². The van der Waals surface area contributed by atoms with Gasteiger partial charge in [-0.25, -0.2) is 8.78 Å². The van der Waals surface area contributed by atoms with Crippen LogP contribution in [0.15, 0.2) is 36.4 Å². The molecule has 36 heavy (non-hydrogen) atoms. The fraction of sp³-hybridized carbons (Fsp3) is 0.391. The van der Waals surface area contributed by atoms with E-state index >= 15 is 0 Å². The minimum absolute atomic E-state index is 0.00388. The Hall–Kier alpha value is -2.63. The quantitative estimate of drug-likeness (QED) is 0.438. The first-order valence-electron chi connectivity index (χ1n) is 10.5. The average Bonchev–Trinajstić information content (AvgIpc) is 2.78. The van der Waals surface area contributed by atoms with Crippen LogP contribution in [-0.2, 0) is 16.9 Å². The lowest BCUT2D eigenvalue weighted by Gasteiger charge is -2.48. The van der Waals surface area contributed by atoms with Gasteiger partial charge in [-0.2, -0.15) is 13.2 Å². The lowest BCUT2D eigenvalue weighted by Crippen LogP contribution is -2.59. The van der Waals surface area contributed by atoms with Crippen molar-refractivity contribution in [2.24, 2.45) is 0 Å². The van der Waals surface area contributed by atoms with E-state index in [1.165, 1.54) is 18.2 Å². The third-order valence-electron chi connectivity index (χ3n) is 5.54. The Morgan fingerprint density at radius 2 is 1.69 bits per heavy atom. The Morgan fingerprint density at radius 1 is 1.03 bits per heavy atom. The molecular weight excluding hydrogens is 534 g/mol. The maximum absolute atomic E-state index is 13.8. The molecule has 1 N–H and O–H groups in total. The van der Waals surface area contributed by atoms with Crippen LogP contribution < -0.4 is 5.11 Å². The number of alkyl halides is 3. The summed E-state index contributed by atoms with van der Waals surface area (Å²) in [6, 6.07) is 6.65. The zero-order chi connectivity index (χ0) is 27.3. The van der Waals surface area contributed by atoms with Gasteiger partial charge in [0.05, 0.1) is 15.6 Å². The summed E-state index contributed by atoms with van der Waals surface area (Å²) in [6.07, 6.45) is -8.69. The number of carbonyl (C=O) groups excluding carboxylic acids is 2. The number of amides is 2. The molecule has 0 aliphatic rings. The van der Waals surface area contributed by atoms with Crippen LogP contribution in [-0.4, -0.2) is 53.3 Å². The van der Waals surface area contributed by atoms with Crippen molar-refractivity contribution in [3.8, 4) is 0 Å². The van der Waals surface area contributed by atoms with Gasteiger partial charge in [0.2, 0.25) is 5.91 Å². The number of carboxylic acid groups (broad SMARTS) is 1. The number of benzene rings is 2. The van der Waals surface area contributed by atoms with Gasteiger partial charge in [-0.1, -0.05) is 35.3 Å². The molecule has 0 aliphatic carbocycles. The SMILES string of the molecule is CN(C[C@](CCCO)(c1ccc(Cl)c(Cl)c1)N(Cc1ccc(F)c(F)c1)C(=O)[O-])C(=O)CC(F)(F)F. The first kappa shape index (κ1) is 29.6. The molecule has 0 spiro atoms. The highest BCUT2D eigenvalue weighted by Gasteiger charge is 2.42. The number of likely N-dealkylation sites (N-methyl/N-ethyl adjacent to an activating group) is 1. The normalized spacial score (nSPS) is 13.2. The number of aliphatic hydroxyl groups is 1. The summed E-state index contributed by atoms with van der Waals surface area (Å²) in [5, 5.41) is 22.0. The van der Waals surface area contributed by atoms with Crippen LogP contribution in [0.25, 0.3) is 0 Å². The third kappa shape index (κ3) is 7.44. The predicted molar refractivity (Wildman–Crippen MR) is 120 cm³/mol. The van der Waals surface area contributed by atoms with E-state index in [9.17, 15) is 41.8 Å². The number of halogens is 7. The fourth-order valence-electron chi connectivity index (χ4n) is 3.85. The van der Waals surface area contributed by atoms with E-state index in [4.69, 9.17) is 23.2 Å². The molecule has 13 heteroatoms. The smallest absolute Gasteiger partial charge is 0.397 e. The van der Waals surface area contributed by atoms with E-state index in [-0.39, 0.29) is 34.0 Å². The highest BCUT2D eigenvalue weighted by atomic mass is 35.5. The standard InChI is InChI=1S/C23H23Cl2F5N2O4/c1-31(20(34)11-23(28,29)30)13-22(7-2-8-33,15-4-5-16(24)17(25)10-15)32(21(35)36)12-14-3-6-18(26)19(27)9-14/h3-6,9-10,33H,2,7-8,11-13H2,1H3,(H,35,36)/p-1/t22-/m1/s1. The number of hydrogen-bond donors (Lipinski definition) is 1. The average molecular weight is 556 g/mol. The topological polar surface area (TPSA) is 83.9 Å². The monoisotopic (exact) mass is 555 g/mol. The molecule has 0 saturated carbocycles. The molecular formula is C23H22Cl2F5N2O4-. The van der Waals surface area contributed by atoms with Crippen LogP contribution in [0.2, 0.25) is 10.0 Å². The van der Waals surface area contributed by atoms with Gasteiger partial charge < -0.3 is 24.8 Å². The summed E-state index contributed by atoms with van der Waals surface area (Å²) in [7, 11) is 1.06. The molecule has 6 nitrogen and oxygen atoms in total. The lowest BCUT2D eigenvalue weighted by atomic mass is 9.82. The van der Waals surface area contributed by atoms with E-state index < -0.39 is 61.5 Å². The molecule has 1 atom stereocenters. The lowest BCUT2D eigenvalue weighted by molar-refractivity contribution is -0.274. The number of aliphatic hydroxyl groups excluding tert-OH is 1. The molecule has 0 aromatic heterocycles. The molecule has 2 aromatic carbocycles. The summed E-state index contributed by atoms with van der Waals surface area (Å²) in [5.74, 6) is -3.77. The molecule has 2 amide bonds. The summed E-state index contributed by atoms with van der Waals surface area (Å²) < 4.78 is 65.9. The summed E-state index contributed by atoms with van der Waals surface area (Å²) in [5.41, 5.74) is -1.70. The van der Waals surface area contributed by atoms with E-state index in [1.54, 1.807) is 0 Å². The predicted octanol–water partition coefficient (Wildman–Crippen LogP) is 4.50. The van der Waals surface area contributed by atoms with Crippen LogP contribution in [0.4, 0.5) is 26.7 Å². The van der Waals surface area contributed by atoms with Crippen LogP contribution in [0.1, 0.15) is 30.4 Å². The largest absolute Gasteiger partial charge is 0.530 e. The zero-order valence-corrected chi connectivity index (χ0v) is 20.4. The Labute approximate surface area is 213 Å². The van der Waals surface area contributed by atoms with E-state index in [1.807, 2.05) is 0 Å². The molecule has 198 valence electrons. The molecule has 0 unspecified atom stereocenters. The van der Waals surface area contributed by atoms with Gasteiger partial charge in [-0.3, -0.25) is 4.79 Å². The number of rotatable bonds is 10. The van der Waals surface area contributed by atoms with Gasteiger partial charge in [-0.05, 0) is 48.2 Å². The Bertz CT molecular complexity index is 1100. The first-order valence-corrected chi connectivity index (χ1v) is 11.3. The number of nitrogens with zero attached hydrogens (tertiary/aromatic N) is 2. The second-order valence-corrected chi connectivity index (χ2v) is 8.94. The summed E-state index contributed by atoms with van der Waals surface area (Å²) in [4.78, 5) is 26.1.